The maximum Gasteiger partial charge on any atom is 0.175 e. The highest BCUT2D eigenvalue weighted by molar-refractivity contribution is 7.90. The summed E-state index contributed by atoms with van der Waals surface area (Å²) in [7, 11) is -3.28. The molecule has 0 amide bonds. The Hall–Kier alpha value is -2.26. The Labute approximate surface area is 207 Å². The normalized spacial score (nSPS) is 24.7. The van der Waals surface area contributed by atoms with Crippen LogP contribution in [-0.2, 0) is 29.5 Å². The van der Waals surface area contributed by atoms with E-state index in [9.17, 15) is 8.42 Å². The van der Waals surface area contributed by atoms with Crippen molar-refractivity contribution >= 4 is 15.5 Å². The van der Waals surface area contributed by atoms with E-state index in [0.717, 1.165) is 37.1 Å². The Morgan fingerprint density at radius 1 is 1.09 bits per heavy atom. The summed E-state index contributed by atoms with van der Waals surface area (Å²) < 4.78 is 55.9. The van der Waals surface area contributed by atoms with Crippen molar-refractivity contribution in [2.45, 2.75) is 55.2 Å². The summed E-state index contributed by atoms with van der Waals surface area (Å²) in [5.41, 5.74) is 1.69. The lowest BCUT2D eigenvalue weighted by Gasteiger charge is -2.33. The van der Waals surface area contributed by atoms with Crippen LogP contribution in [0.2, 0.25) is 0 Å². The molecule has 0 aromatic heterocycles. The number of nitrogens with one attached hydrogen (secondary N) is 1. The zero-order chi connectivity index (χ0) is 24.9. The first-order valence-corrected chi connectivity index (χ1v) is 14.0. The molecule has 2 aromatic carbocycles. The summed E-state index contributed by atoms with van der Waals surface area (Å²) in [5, 5.41) is 3.49. The fourth-order valence-electron chi connectivity index (χ4n) is 4.83. The summed E-state index contributed by atoms with van der Waals surface area (Å²) in [5.74, 6) is -0.260. The van der Waals surface area contributed by atoms with Gasteiger partial charge in [0.1, 0.15) is 5.82 Å². The van der Waals surface area contributed by atoms with Crippen molar-refractivity contribution in [1.29, 1.82) is 0 Å². The Bertz CT molecular complexity index is 1130. The van der Waals surface area contributed by atoms with Crippen molar-refractivity contribution in [3.63, 3.8) is 0 Å². The van der Waals surface area contributed by atoms with Gasteiger partial charge < -0.3 is 19.5 Å². The standard InChI is InChI=1S/C27H34FNO5S/c1-20-27(23-7-3-4-8-24(23)28,14-16-32-17-18-34-26-9-5-6-15-33-26)19-25(29-20)21-10-12-22(13-11-21)35(2,30)31/h3-4,7-8,10-13,19-20,26,29H,5-6,9,14-18H2,1-2H3. The van der Waals surface area contributed by atoms with E-state index in [4.69, 9.17) is 14.2 Å². The van der Waals surface area contributed by atoms with Gasteiger partial charge in [0.25, 0.3) is 0 Å². The maximum atomic E-state index is 15.0. The van der Waals surface area contributed by atoms with Crippen LogP contribution in [-0.4, -0.2) is 53.4 Å². The summed E-state index contributed by atoms with van der Waals surface area (Å²) >= 11 is 0. The number of benzene rings is 2. The van der Waals surface area contributed by atoms with Gasteiger partial charge in [0.05, 0.1) is 18.1 Å². The zero-order valence-corrected chi connectivity index (χ0v) is 21.2. The molecule has 4 rings (SSSR count). The van der Waals surface area contributed by atoms with Gasteiger partial charge in [0.15, 0.2) is 16.1 Å². The second-order valence-electron chi connectivity index (χ2n) is 9.27. The van der Waals surface area contributed by atoms with Crippen LogP contribution < -0.4 is 5.32 Å². The van der Waals surface area contributed by atoms with E-state index < -0.39 is 15.3 Å². The van der Waals surface area contributed by atoms with Gasteiger partial charge in [-0.15, -0.1) is 0 Å². The number of sulfone groups is 1. The van der Waals surface area contributed by atoms with Gasteiger partial charge in [-0.25, -0.2) is 12.8 Å². The van der Waals surface area contributed by atoms with E-state index in [1.807, 2.05) is 19.1 Å². The van der Waals surface area contributed by atoms with Gasteiger partial charge in [0, 0.05) is 36.6 Å². The molecule has 190 valence electrons. The molecule has 2 aliphatic heterocycles. The predicted molar refractivity (Wildman–Crippen MR) is 133 cm³/mol. The van der Waals surface area contributed by atoms with E-state index in [-0.39, 0.29) is 23.0 Å². The molecule has 1 N–H and O–H groups in total. The highest BCUT2D eigenvalue weighted by Gasteiger charge is 2.42. The molecule has 1 saturated heterocycles. The van der Waals surface area contributed by atoms with Crippen LogP contribution in [0, 0.1) is 5.82 Å². The van der Waals surface area contributed by atoms with Gasteiger partial charge in [-0.3, -0.25) is 0 Å². The molecular weight excluding hydrogens is 469 g/mol. The first kappa shape index (κ1) is 25.8. The largest absolute Gasteiger partial charge is 0.381 e. The average molecular weight is 504 g/mol. The number of halogens is 1. The second kappa shape index (κ2) is 11.2. The lowest BCUT2D eigenvalue weighted by atomic mass is 9.73. The first-order chi connectivity index (χ1) is 16.8. The average Bonchev–Trinajstić information content (AvgIpc) is 3.18. The van der Waals surface area contributed by atoms with Crippen molar-refractivity contribution in [2.75, 3.05) is 32.7 Å². The zero-order valence-electron chi connectivity index (χ0n) is 20.3. The molecule has 0 aliphatic carbocycles. The van der Waals surface area contributed by atoms with Crippen molar-refractivity contribution in [3.8, 4) is 0 Å². The molecule has 3 unspecified atom stereocenters. The second-order valence-corrected chi connectivity index (χ2v) is 11.3. The molecule has 6 nitrogen and oxygen atoms in total. The van der Waals surface area contributed by atoms with Crippen LogP contribution in [0.1, 0.15) is 43.7 Å². The molecule has 0 saturated carbocycles. The molecular formula is C27H34FNO5S. The third kappa shape index (κ3) is 6.12. The van der Waals surface area contributed by atoms with E-state index in [2.05, 4.69) is 11.4 Å². The monoisotopic (exact) mass is 503 g/mol. The molecule has 2 aromatic rings. The van der Waals surface area contributed by atoms with Crippen LogP contribution in [0.5, 0.6) is 0 Å². The molecule has 8 heteroatoms. The van der Waals surface area contributed by atoms with Crippen molar-refractivity contribution in [1.82, 2.24) is 5.32 Å². The minimum Gasteiger partial charge on any atom is -0.381 e. The summed E-state index contributed by atoms with van der Waals surface area (Å²) in [6.07, 6.45) is 6.79. The number of ether oxygens (including phenoxy) is 3. The maximum absolute atomic E-state index is 15.0. The van der Waals surface area contributed by atoms with Crippen LogP contribution in [0.25, 0.3) is 5.70 Å². The number of rotatable bonds is 10. The summed E-state index contributed by atoms with van der Waals surface area (Å²) in [4.78, 5) is 0.266. The van der Waals surface area contributed by atoms with E-state index in [0.29, 0.717) is 31.8 Å². The van der Waals surface area contributed by atoms with Crippen LogP contribution >= 0.6 is 0 Å². The summed E-state index contributed by atoms with van der Waals surface area (Å²) in [6, 6.07) is 13.5. The molecule has 3 atom stereocenters. The van der Waals surface area contributed by atoms with Crippen molar-refractivity contribution in [3.05, 3.63) is 71.6 Å². The van der Waals surface area contributed by atoms with E-state index in [1.54, 1.807) is 30.3 Å². The number of hydrogen-bond donors (Lipinski definition) is 1. The molecule has 0 radical (unpaired) electrons. The molecule has 1 fully saturated rings. The topological polar surface area (TPSA) is 73.9 Å². The van der Waals surface area contributed by atoms with Gasteiger partial charge in [-0.2, -0.15) is 0 Å². The third-order valence-electron chi connectivity index (χ3n) is 6.84. The molecule has 0 bridgehead atoms. The highest BCUT2D eigenvalue weighted by Crippen LogP contribution is 2.42. The lowest BCUT2D eigenvalue weighted by molar-refractivity contribution is -0.169. The van der Waals surface area contributed by atoms with Crippen molar-refractivity contribution in [2.24, 2.45) is 0 Å². The Kier molecular flexibility index (Phi) is 8.27. The van der Waals surface area contributed by atoms with Gasteiger partial charge in [0.2, 0.25) is 0 Å². The highest BCUT2D eigenvalue weighted by atomic mass is 32.2. The smallest absolute Gasteiger partial charge is 0.175 e. The molecule has 35 heavy (non-hydrogen) atoms. The fourth-order valence-corrected chi connectivity index (χ4v) is 5.46. The summed E-state index contributed by atoms with van der Waals surface area (Å²) in [6.45, 7) is 4.11. The third-order valence-corrected chi connectivity index (χ3v) is 7.97. The van der Waals surface area contributed by atoms with E-state index in [1.165, 1.54) is 12.3 Å². The van der Waals surface area contributed by atoms with Gasteiger partial charge >= 0.3 is 0 Å². The van der Waals surface area contributed by atoms with Crippen LogP contribution in [0.3, 0.4) is 0 Å². The predicted octanol–water partition coefficient (Wildman–Crippen LogP) is 4.45. The Balaban J connectivity index is 1.48. The van der Waals surface area contributed by atoms with E-state index >= 15 is 4.39 Å². The van der Waals surface area contributed by atoms with Crippen LogP contribution in [0.15, 0.2) is 59.5 Å². The molecule has 2 aliphatic rings. The molecule has 2 heterocycles. The number of hydrogen-bond acceptors (Lipinski definition) is 6. The Morgan fingerprint density at radius 2 is 1.86 bits per heavy atom. The van der Waals surface area contributed by atoms with Crippen LogP contribution in [0.4, 0.5) is 4.39 Å². The fraction of sp³-hybridized carbons (Fsp3) is 0.481. The quantitative estimate of drug-likeness (QED) is 0.483. The first-order valence-electron chi connectivity index (χ1n) is 12.2. The SMILES string of the molecule is CC1NC(c2ccc(S(C)(=O)=O)cc2)=CC1(CCOCCOC1CCCCO1)c1ccccc1F. The minimum absolute atomic E-state index is 0.0977. The van der Waals surface area contributed by atoms with Crippen molar-refractivity contribution < 1.29 is 27.0 Å². The molecule has 0 spiro atoms. The minimum atomic E-state index is -3.28. The van der Waals surface area contributed by atoms with Gasteiger partial charge in [-0.1, -0.05) is 30.3 Å². The van der Waals surface area contributed by atoms with Gasteiger partial charge in [-0.05, 0) is 68.0 Å². The lowest BCUT2D eigenvalue weighted by Crippen LogP contribution is -2.40. The Morgan fingerprint density at radius 3 is 2.54 bits per heavy atom.